The van der Waals surface area contributed by atoms with Crippen LogP contribution in [0.25, 0.3) is 17.2 Å². The molecule has 3 heteroatoms. The Morgan fingerprint density at radius 3 is 2.33 bits per heavy atom. The lowest BCUT2D eigenvalue weighted by Gasteiger charge is -2.09. The number of allylic oxidation sites excluding steroid dienone is 1. The molecule has 0 spiro atoms. The third-order valence-corrected chi connectivity index (χ3v) is 4.11. The zero-order chi connectivity index (χ0) is 19.2. The van der Waals surface area contributed by atoms with Gasteiger partial charge in [-0.25, -0.2) is 4.79 Å². The van der Waals surface area contributed by atoms with Crippen LogP contribution in [-0.2, 0) is 0 Å². The molecule has 0 heterocycles. The Bertz CT molecular complexity index is 1050. The van der Waals surface area contributed by atoms with Crippen molar-refractivity contribution in [1.82, 2.24) is 0 Å². The third kappa shape index (κ3) is 4.45. The van der Waals surface area contributed by atoms with Crippen molar-refractivity contribution in [3.8, 4) is 28.7 Å². The summed E-state index contributed by atoms with van der Waals surface area (Å²) in [5.41, 5.74) is 4.70. The van der Waals surface area contributed by atoms with Gasteiger partial charge in [-0.05, 0) is 60.5 Å². The first-order valence-electron chi connectivity index (χ1n) is 8.45. The minimum atomic E-state index is -0.957. The monoisotopic (exact) mass is 354 g/mol. The van der Waals surface area contributed by atoms with Crippen LogP contribution in [0.15, 0.2) is 72.8 Å². The Morgan fingerprint density at radius 2 is 1.67 bits per heavy atom. The fourth-order valence-electron chi connectivity index (χ4n) is 2.68. The van der Waals surface area contributed by atoms with Crippen LogP contribution in [-0.4, -0.2) is 16.2 Å². The second kappa shape index (κ2) is 8.07. The molecule has 0 saturated heterocycles. The molecule has 27 heavy (non-hydrogen) atoms. The minimum absolute atomic E-state index is 0.221. The van der Waals surface area contributed by atoms with Crippen LogP contribution in [0.4, 0.5) is 0 Å². The van der Waals surface area contributed by atoms with Gasteiger partial charge in [-0.2, -0.15) is 0 Å². The van der Waals surface area contributed by atoms with Crippen LogP contribution < -0.4 is 0 Å². The van der Waals surface area contributed by atoms with E-state index in [1.807, 2.05) is 43.3 Å². The fourth-order valence-corrected chi connectivity index (χ4v) is 2.68. The predicted molar refractivity (Wildman–Crippen MR) is 108 cm³/mol. The number of hydrogen-bond acceptors (Lipinski definition) is 2. The molecule has 0 radical (unpaired) electrons. The van der Waals surface area contributed by atoms with Gasteiger partial charge in [0.15, 0.2) is 0 Å². The summed E-state index contributed by atoms with van der Waals surface area (Å²) in [6.07, 6.45) is 3.57. The van der Waals surface area contributed by atoms with Gasteiger partial charge in [0.2, 0.25) is 0 Å². The summed E-state index contributed by atoms with van der Waals surface area (Å²) in [5.74, 6) is 5.18. The zero-order valence-corrected chi connectivity index (χ0v) is 14.8. The number of benzene rings is 3. The van der Waals surface area contributed by atoms with E-state index in [0.717, 1.165) is 27.8 Å². The fraction of sp³-hybridized carbons (Fsp3) is 0.0417. The average molecular weight is 354 g/mol. The lowest BCUT2D eigenvalue weighted by atomic mass is 9.97. The summed E-state index contributed by atoms with van der Waals surface area (Å²) in [7, 11) is 0. The largest absolute Gasteiger partial charge is 0.507 e. The average Bonchev–Trinajstić information content (AvgIpc) is 2.67. The molecule has 0 aliphatic carbocycles. The van der Waals surface area contributed by atoms with Crippen molar-refractivity contribution in [2.75, 3.05) is 0 Å². The Balaban J connectivity index is 1.85. The second-order valence-electron chi connectivity index (χ2n) is 6.09. The highest BCUT2D eigenvalue weighted by molar-refractivity contribution is 5.87. The molecule has 0 unspecified atom stereocenters. The molecule has 132 valence electrons. The Hall–Kier alpha value is -3.77. The predicted octanol–water partition coefficient (Wildman–Crippen LogP) is 5.13. The molecule has 0 bridgehead atoms. The van der Waals surface area contributed by atoms with E-state index >= 15 is 0 Å². The van der Waals surface area contributed by atoms with Crippen molar-refractivity contribution < 1.29 is 15.0 Å². The van der Waals surface area contributed by atoms with Crippen LogP contribution in [0, 0.1) is 18.8 Å². The standard InChI is InChI=1S/C24H18O3/c1-17-9-13-20(14-10-17)23-19(7-4-8-22(23)25)6-3-2-5-18-11-15-21(16-12-18)24(26)27/h3-4,6-16,25H,1H3,(H,26,27). The van der Waals surface area contributed by atoms with Crippen molar-refractivity contribution >= 4 is 12.0 Å². The van der Waals surface area contributed by atoms with Crippen molar-refractivity contribution in [3.05, 3.63) is 95.1 Å². The number of phenolic OH excluding ortho intramolecular Hbond substituents is 1. The quantitative estimate of drug-likeness (QED) is 0.641. The molecule has 0 aliphatic rings. The summed E-state index contributed by atoms with van der Waals surface area (Å²) in [5, 5.41) is 19.2. The first-order chi connectivity index (χ1) is 13.0. The van der Waals surface area contributed by atoms with Crippen LogP contribution in [0.5, 0.6) is 5.75 Å². The zero-order valence-electron chi connectivity index (χ0n) is 14.8. The van der Waals surface area contributed by atoms with Crippen molar-refractivity contribution in [3.63, 3.8) is 0 Å². The lowest BCUT2D eigenvalue weighted by molar-refractivity contribution is 0.0697. The maximum Gasteiger partial charge on any atom is 0.335 e. The summed E-state index contributed by atoms with van der Waals surface area (Å²) in [6.45, 7) is 2.02. The van der Waals surface area contributed by atoms with E-state index in [9.17, 15) is 9.90 Å². The molecule has 3 aromatic carbocycles. The van der Waals surface area contributed by atoms with E-state index in [1.54, 1.807) is 30.3 Å². The number of aromatic hydroxyl groups is 1. The van der Waals surface area contributed by atoms with Gasteiger partial charge < -0.3 is 10.2 Å². The van der Waals surface area contributed by atoms with Gasteiger partial charge in [0.1, 0.15) is 5.75 Å². The lowest BCUT2D eigenvalue weighted by Crippen LogP contribution is -1.94. The minimum Gasteiger partial charge on any atom is -0.507 e. The molecule has 0 aromatic heterocycles. The van der Waals surface area contributed by atoms with Gasteiger partial charge in [-0.1, -0.05) is 53.8 Å². The molecule has 0 amide bonds. The number of aromatic carboxylic acids is 1. The van der Waals surface area contributed by atoms with Gasteiger partial charge in [0, 0.05) is 11.1 Å². The molecule has 3 rings (SSSR count). The number of phenols is 1. The number of carbonyl (C=O) groups is 1. The summed E-state index contributed by atoms with van der Waals surface area (Å²) in [6, 6.07) is 19.8. The molecule has 0 fully saturated rings. The molecule has 0 aliphatic heterocycles. The first-order valence-corrected chi connectivity index (χ1v) is 8.45. The summed E-state index contributed by atoms with van der Waals surface area (Å²) < 4.78 is 0. The number of hydrogen-bond donors (Lipinski definition) is 2. The van der Waals surface area contributed by atoms with Crippen molar-refractivity contribution in [2.45, 2.75) is 6.92 Å². The number of carboxylic acid groups (broad SMARTS) is 1. The van der Waals surface area contributed by atoms with Gasteiger partial charge in [0.05, 0.1) is 5.56 Å². The molecule has 3 nitrogen and oxygen atoms in total. The van der Waals surface area contributed by atoms with E-state index in [4.69, 9.17) is 5.11 Å². The van der Waals surface area contributed by atoms with Gasteiger partial charge >= 0.3 is 5.97 Å². The second-order valence-corrected chi connectivity index (χ2v) is 6.09. The number of carboxylic acids is 1. The normalized spacial score (nSPS) is 10.4. The Labute approximate surface area is 158 Å². The molecular weight excluding hydrogens is 336 g/mol. The van der Waals surface area contributed by atoms with Gasteiger partial charge in [0.25, 0.3) is 0 Å². The van der Waals surface area contributed by atoms with Crippen molar-refractivity contribution in [1.29, 1.82) is 0 Å². The number of aryl methyl sites for hydroxylation is 1. The number of rotatable bonds is 3. The highest BCUT2D eigenvalue weighted by Crippen LogP contribution is 2.33. The van der Waals surface area contributed by atoms with E-state index in [0.29, 0.717) is 0 Å². The van der Waals surface area contributed by atoms with Crippen LogP contribution in [0.3, 0.4) is 0 Å². The van der Waals surface area contributed by atoms with E-state index in [2.05, 4.69) is 11.8 Å². The maximum atomic E-state index is 10.9. The first kappa shape index (κ1) is 18.0. The summed E-state index contributed by atoms with van der Waals surface area (Å²) >= 11 is 0. The Kier molecular flexibility index (Phi) is 5.39. The van der Waals surface area contributed by atoms with Crippen LogP contribution in [0.2, 0.25) is 0 Å². The highest BCUT2D eigenvalue weighted by Gasteiger charge is 2.08. The summed E-state index contributed by atoms with van der Waals surface area (Å²) in [4.78, 5) is 10.9. The SMILES string of the molecule is Cc1ccc(-c2c(O)cccc2C=CC#Cc2ccc(C(=O)O)cc2)cc1. The molecule has 2 N–H and O–H groups in total. The third-order valence-electron chi connectivity index (χ3n) is 4.11. The Morgan fingerprint density at radius 1 is 0.963 bits per heavy atom. The van der Waals surface area contributed by atoms with Gasteiger partial charge in [-0.3, -0.25) is 0 Å². The smallest absolute Gasteiger partial charge is 0.335 e. The van der Waals surface area contributed by atoms with Crippen molar-refractivity contribution in [2.24, 2.45) is 0 Å². The maximum absolute atomic E-state index is 10.9. The van der Waals surface area contributed by atoms with E-state index < -0.39 is 5.97 Å². The molecular formula is C24H18O3. The topological polar surface area (TPSA) is 57.5 Å². The van der Waals surface area contributed by atoms with E-state index in [1.165, 1.54) is 12.1 Å². The highest BCUT2D eigenvalue weighted by atomic mass is 16.4. The van der Waals surface area contributed by atoms with Gasteiger partial charge in [-0.15, -0.1) is 0 Å². The van der Waals surface area contributed by atoms with Crippen LogP contribution >= 0.6 is 0 Å². The van der Waals surface area contributed by atoms with E-state index in [-0.39, 0.29) is 11.3 Å². The molecule has 0 saturated carbocycles. The van der Waals surface area contributed by atoms with Crippen LogP contribution in [0.1, 0.15) is 27.0 Å². The molecule has 0 atom stereocenters. The molecule has 3 aromatic rings.